The zero-order valence-electron chi connectivity index (χ0n) is 8.03. The summed E-state index contributed by atoms with van der Waals surface area (Å²) in [6, 6.07) is -0.222. The molecule has 1 rings (SSSR count). The fourth-order valence-corrected chi connectivity index (χ4v) is 1.56. The van der Waals surface area contributed by atoms with Gasteiger partial charge in [0.1, 0.15) is 0 Å². The van der Waals surface area contributed by atoms with Gasteiger partial charge in [0.05, 0.1) is 24.4 Å². The lowest BCUT2D eigenvalue weighted by Gasteiger charge is -2.38. The van der Waals surface area contributed by atoms with Crippen molar-refractivity contribution >= 4 is 0 Å². The summed E-state index contributed by atoms with van der Waals surface area (Å²) in [7, 11) is 0. The molecule has 0 spiro atoms. The van der Waals surface area contributed by atoms with Crippen LogP contribution in [0.25, 0.3) is 0 Å². The highest BCUT2D eigenvalue weighted by Gasteiger charge is 2.33. The van der Waals surface area contributed by atoms with Crippen molar-refractivity contribution in [3.8, 4) is 0 Å². The minimum atomic E-state index is -0.402. The second-order valence-electron chi connectivity index (χ2n) is 4.00. The number of ether oxygens (including phenoxy) is 1. The highest BCUT2D eigenvalue weighted by atomic mass is 16.5. The van der Waals surface area contributed by atoms with E-state index in [2.05, 4.69) is 13.8 Å². The molecule has 1 heterocycles. The van der Waals surface area contributed by atoms with Crippen molar-refractivity contribution < 1.29 is 9.84 Å². The van der Waals surface area contributed by atoms with Gasteiger partial charge in [0.2, 0.25) is 0 Å². The normalized spacial score (nSPS) is 43.5. The third-order valence-corrected chi connectivity index (χ3v) is 2.59. The van der Waals surface area contributed by atoms with E-state index >= 15 is 0 Å². The first kappa shape index (κ1) is 9.96. The standard InChI is InChI=1S/C9H19NO2/c1-5(2)8-4-7(11)9(10)6(3)12-8/h5-9,11H,4,10H2,1-3H3/t6?,7-,8-,9-/m1/s1. The summed E-state index contributed by atoms with van der Waals surface area (Å²) in [5, 5.41) is 9.56. The fraction of sp³-hybridized carbons (Fsp3) is 1.00. The molecule has 1 saturated heterocycles. The van der Waals surface area contributed by atoms with Crippen LogP contribution in [-0.4, -0.2) is 29.5 Å². The van der Waals surface area contributed by atoms with E-state index in [-0.39, 0.29) is 18.2 Å². The molecule has 0 saturated carbocycles. The number of nitrogens with two attached hydrogens (primary N) is 1. The third-order valence-electron chi connectivity index (χ3n) is 2.59. The molecule has 0 bridgehead atoms. The van der Waals surface area contributed by atoms with Crippen LogP contribution in [0.3, 0.4) is 0 Å². The first-order valence-corrected chi connectivity index (χ1v) is 4.61. The maximum Gasteiger partial charge on any atom is 0.0741 e. The molecule has 0 radical (unpaired) electrons. The molecular weight excluding hydrogens is 154 g/mol. The minimum Gasteiger partial charge on any atom is -0.391 e. The predicted octanol–water partition coefficient (Wildman–Crippen LogP) is 0.508. The maximum atomic E-state index is 9.56. The molecule has 1 fully saturated rings. The Bertz CT molecular complexity index is 137. The SMILES string of the molecule is CC1O[C@@H](C(C)C)C[C@@H](O)[C@@H]1N. The van der Waals surface area contributed by atoms with Crippen molar-refractivity contribution in [3.63, 3.8) is 0 Å². The number of aliphatic hydroxyl groups excluding tert-OH is 1. The third kappa shape index (κ3) is 1.97. The van der Waals surface area contributed by atoms with Gasteiger partial charge < -0.3 is 15.6 Å². The van der Waals surface area contributed by atoms with Gasteiger partial charge in [-0.05, 0) is 12.8 Å². The fourth-order valence-electron chi connectivity index (χ4n) is 1.56. The van der Waals surface area contributed by atoms with Crippen LogP contribution in [0.15, 0.2) is 0 Å². The van der Waals surface area contributed by atoms with Gasteiger partial charge in [-0.25, -0.2) is 0 Å². The van der Waals surface area contributed by atoms with Gasteiger partial charge in [-0.3, -0.25) is 0 Å². The average molecular weight is 173 g/mol. The van der Waals surface area contributed by atoms with Crippen molar-refractivity contribution in [2.45, 2.75) is 51.5 Å². The molecule has 0 aromatic rings. The second-order valence-corrected chi connectivity index (χ2v) is 4.00. The zero-order chi connectivity index (χ0) is 9.30. The summed E-state index contributed by atoms with van der Waals surface area (Å²) < 4.78 is 5.65. The molecule has 3 N–H and O–H groups in total. The van der Waals surface area contributed by atoms with Crippen LogP contribution in [-0.2, 0) is 4.74 Å². The Kier molecular flexibility index (Phi) is 3.09. The minimum absolute atomic E-state index is 0.0267. The lowest BCUT2D eigenvalue weighted by molar-refractivity contribution is -0.116. The molecule has 0 amide bonds. The Balaban J connectivity index is 2.53. The lowest BCUT2D eigenvalue weighted by Crippen LogP contribution is -2.52. The quantitative estimate of drug-likeness (QED) is 0.607. The summed E-state index contributed by atoms with van der Waals surface area (Å²) in [6.07, 6.45) is 0.403. The van der Waals surface area contributed by atoms with Crippen LogP contribution in [0.4, 0.5) is 0 Å². The Morgan fingerprint density at radius 3 is 2.50 bits per heavy atom. The van der Waals surface area contributed by atoms with Crippen molar-refractivity contribution in [1.82, 2.24) is 0 Å². The number of aliphatic hydroxyl groups is 1. The summed E-state index contributed by atoms with van der Waals surface area (Å²) in [6.45, 7) is 6.12. The van der Waals surface area contributed by atoms with Crippen LogP contribution < -0.4 is 5.73 Å². The Labute approximate surface area is 73.9 Å². The Hall–Kier alpha value is -0.120. The van der Waals surface area contributed by atoms with E-state index in [9.17, 15) is 5.11 Å². The number of hydrogen-bond acceptors (Lipinski definition) is 3. The summed E-state index contributed by atoms with van der Waals surface area (Å²) in [5.74, 6) is 0.453. The van der Waals surface area contributed by atoms with E-state index in [4.69, 9.17) is 10.5 Å². The molecule has 12 heavy (non-hydrogen) atoms. The number of hydrogen-bond donors (Lipinski definition) is 2. The predicted molar refractivity (Wildman–Crippen MR) is 47.8 cm³/mol. The molecule has 4 atom stereocenters. The molecule has 3 nitrogen and oxygen atoms in total. The molecule has 1 aliphatic rings. The van der Waals surface area contributed by atoms with Gasteiger partial charge in [-0.1, -0.05) is 13.8 Å². The molecular formula is C9H19NO2. The Morgan fingerprint density at radius 1 is 1.50 bits per heavy atom. The summed E-state index contributed by atoms with van der Waals surface area (Å²) >= 11 is 0. The highest BCUT2D eigenvalue weighted by molar-refractivity contribution is 4.86. The van der Waals surface area contributed by atoms with Crippen molar-refractivity contribution in [1.29, 1.82) is 0 Å². The van der Waals surface area contributed by atoms with E-state index in [1.54, 1.807) is 0 Å². The van der Waals surface area contributed by atoms with Crippen molar-refractivity contribution in [2.24, 2.45) is 11.7 Å². The smallest absolute Gasteiger partial charge is 0.0741 e. The molecule has 0 aromatic carbocycles. The van der Waals surface area contributed by atoms with Crippen LogP contribution in [0.1, 0.15) is 27.2 Å². The molecule has 1 aliphatic heterocycles. The largest absolute Gasteiger partial charge is 0.391 e. The van der Waals surface area contributed by atoms with Crippen LogP contribution in [0.5, 0.6) is 0 Å². The molecule has 3 heteroatoms. The van der Waals surface area contributed by atoms with Gasteiger partial charge in [0.15, 0.2) is 0 Å². The van der Waals surface area contributed by atoms with Crippen LogP contribution in [0, 0.1) is 5.92 Å². The topological polar surface area (TPSA) is 55.5 Å². The van der Waals surface area contributed by atoms with Crippen LogP contribution in [0.2, 0.25) is 0 Å². The molecule has 0 aromatic heterocycles. The average Bonchev–Trinajstić information content (AvgIpc) is 1.99. The number of rotatable bonds is 1. The van der Waals surface area contributed by atoms with Crippen molar-refractivity contribution in [2.75, 3.05) is 0 Å². The van der Waals surface area contributed by atoms with E-state index in [1.165, 1.54) is 0 Å². The molecule has 72 valence electrons. The monoisotopic (exact) mass is 173 g/mol. The van der Waals surface area contributed by atoms with Gasteiger partial charge in [0, 0.05) is 6.42 Å². The molecule has 1 unspecified atom stereocenters. The first-order valence-electron chi connectivity index (χ1n) is 4.61. The Morgan fingerprint density at radius 2 is 2.08 bits per heavy atom. The van der Waals surface area contributed by atoms with Gasteiger partial charge in [-0.2, -0.15) is 0 Å². The van der Waals surface area contributed by atoms with Gasteiger partial charge >= 0.3 is 0 Å². The van der Waals surface area contributed by atoms with E-state index in [1.807, 2.05) is 6.92 Å². The lowest BCUT2D eigenvalue weighted by atomic mass is 9.92. The van der Waals surface area contributed by atoms with E-state index < -0.39 is 6.10 Å². The maximum absolute atomic E-state index is 9.56. The summed E-state index contributed by atoms with van der Waals surface area (Å²) in [4.78, 5) is 0. The van der Waals surface area contributed by atoms with E-state index in [0.717, 1.165) is 0 Å². The van der Waals surface area contributed by atoms with Crippen LogP contribution >= 0.6 is 0 Å². The summed E-state index contributed by atoms with van der Waals surface area (Å²) in [5.41, 5.74) is 5.71. The van der Waals surface area contributed by atoms with Gasteiger partial charge in [-0.15, -0.1) is 0 Å². The first-order chi connectivity index (χ1) is 5.52. The second kappa shape index (κ2) is 3.73. The molecule has 0 aliphatic carbocycles. The van der Waals surface area contributed by atoms with Gasteiger partial charge in [0.25, 0.3) is 0 Å². The van der Waals surface area contributed by atoms with E-state index in [0.29, 0.717) is 12.3 Å². The van der Waals surface area contributed by atoms with Crippen molar-refractivity contribution in [3.05, 3.63) is 0 Å². The highest BCUT2D eigenvalue weighted by Crippen LogP contribution is 2.23. The zero-order valence-corrected chi connectivity index (χ0v) is 8.03.